The fraction of sp³-hybridized carbons (Fsp3) is 0.571. The van der Waals surface area contributed by atoms with E-state index < -0.39 is 0 Å². The molecule has 4 rings (SSSR count). The Kier molecular flexibility index (Phi) is 2.21. The van der Waals surface area contributed by atoms with Gasteiger partial charge in [0.15, 0.2) is 0 Å². The summed E-state index contributed by atoms with van der Waals surface area (Å²) in [4.78, 5) is 8.92. The van der Waals surface area contributed by atoms with Crippen LogP contribution in [0.25, 0.3) is 11.0 Å². The number of imidazole rings is 1. The second-order valence-electron chi connectivity index (χ2n) is 5.66. The minimum atomic E-state index is 0.595. The first-order valence-electron chi connectivity index (χ1n) is 6.86. The molecule has 4 heterocycles. The van der Waals surface area contributed by atoms with Crippen molar-refractivity contribution in [2.45, 2.75) is 50.7 Å². The van der Waals surface area contributed by atoms with Gasteiger partial charge in [-0.25, -0.2) is 4.98 Å². The number of aryl methyl sites for hydroxylation is 1. The zero-order valence-corrected chi connectivity index (χ0v) is 10.6. The molecule has 0 amide bonds. The standard InChI is InChI=1S/C14H18N4/c1-9-16-13-4-5-15-8-14(13)18(9)12-6-10-2-3-11(7-12)17-10/h4-5,8,10-12,17H,2-3,6-7H2,1H3/t10-,11+,12?. The Morgan fingerprint density at radius 3 is 2.83 bits per heavy atom. The number of rotatable bonds is 1. The molecule has 3 atom stereocenters. The summed E-state index contributed by atoms with van der Waals surface area (Å²) >= 11 is 0. The summed E-state index contributed by atoms with van der Waals surface area (Å²) in [6.07, 6.45) is 8.93. The van der Waals surface area contributed by atoms with Crippen molar-refractivity contribution in [3.63, 3.8) is 0 Å². The number of hydrogen-bond donors (Lipinski definition) is 1. The Morgan fingerprint density at radius 1 is 1.28 bits per heavy atom. The van der Waals surface area contributed by atoms with Gasteiger partial charge in [-0.1, -0.05) is 0 Å². The van der Waals surface area contributed by atoms with Crippen molar-refractivity contribution in [2.24, 2.45) is 0 Å². The molecular weight excluding hydrogens is 224 g/mol. The van der Waals surface area contributed by atoms with Crippen LogP contribution in [0, 0.1) is 6.92 Å². The number of pyridine rings is 1. The van der Waals surface area contributed by atoms with Crippen LogP contribution in [0.4, 0.5) is 0 Å². The van der Waals surface area contributed by atoms with Gasteiger partial charge < -0.3 is 9.88 Å². The maximum atomic E-state index is 4.66. The van der Waals surface area contributed by atoms with Gasteiger partial charge in [0.05, 0.1) is 17.2 Å². The lowest BCUT2D eigenvalue weighted by Crippen LogP contribution is -2.39. The van der Waals surface area contributed by atoms with Crippen LogP contribution in [-0.2, 0) is 0 Å². The molecule has 2 fully saturated rings. The fourth-order valence-electron chi connectivity index (χ4n) is 3.76. The van der Waals surface area contributed by atoms with Gasteiger partial charge in [0.2, 0.25) is 0 Å². The summed E-state index contributed by atoms with van der Waals surface area (Å²) in [6.45, 7) is 2.12. The van der Waals surface area contributed by atoms with Crippen LogP contribution in [0.2, 0.25) is 0 Å². The van der Waals surface area contributed by atoms with E-state index in [1.165, 1.54) is 31.2 Å². The molecule has 1 N–H and O–H groups in total. The van der Waals surface area contributed by atoms with Crippen LogP contribution >= 0.6 is 0 Å². The van der Waals surface area contributed by atoms with Gasteiger partial charge in [-0.2, -0.15) is 0 Å². The van der Waals surface area contributed by atoms with Crippen molar-refractivity contribution in [2.75, 3.05) is 0 Å². The van der Waals surface area contributed by atoms with Crippen LogP contribution in [0.1, 0.15) is 37.5 Å². The molecule has 18 heavy (non-hydrogen) atoms. The van der Waals surface area contributed by atoms with E-state index in [1.807, 2.05) is 18.5 Å². The maximum Gasteiger partial charge on any atom is 0.107 e. The van der Waals surface area contributed by atoms with Crippen LogP contribution < -0.4 is 5.32 Å². The molecule has 4 nitrogen and oxygen atoms in total. The molecule has 0 aromatic carbocycles. The molecule has 0 aliphatic carbocycles. The summed E-state index contributed by atoms with van der Waals surface area (Å²) in [7, 11) is 0. The number of piperidine rings is 1. The minimum Gasteiger partial charge on any atom is -0.324 e. The number of nitrogens with one attached hydrogen (secondary N) is 1. The predicted octanol–water partition coefficient (Wildman–Crippen LogP) is 2.20. The van der Waals surface area contributed by atoms with Crippen molar-refractivity contribution < 1.29 is 0 Å². The van der Waals surface area contributed by atoms with E-state index in [2.05, 4.69) is 26.8 Å². The van der Waals surface area contributed by atoms with Gasteiger partial charge in [-0.15, -0.1) is 0 Å². The van der Waals surface area contributed by atoms with Crippen molar-refractivity contribution in [3.05, 3.63) is 24.3 Å². The van der Waals surface area contributed by atoms with E-state index in [-0.39, 0.29) is 0 Å². The monoisotopic (exact) mass is 242 g/mol. The molecule has 0 saturated carbocycles. The third-order valence-corrected chi connectivity index (χ3v) is 4.48. The Labute approximate surface area is 106 Å². The summed E-state index contributed by atoms with van der Waals surface area (Å²) in [5, 5.41) is 3.70. The maximum absolute atomic E-state index is 4.66. The average Bonchev–Trinajstić information content (AvgIpc) is 2.88. The quantitative estimate of drug-likeness (QED) is 0.833. The van der Waals surface area contributed by atoms with Gasteiger partial charge >= 0.3 is 0 Å². The predicted molar refractivity (Wildman–Crippen MR) is 70.5 cm³/mol. The van der Waals surface area contributed by atoms with Gasteiger partial charge in [-0.05, 0) is 38.7 Å². The van der Waals surface area contributed by atoms with Crippen molar-refractivity contribution in [1.82, 2.24) is 19.9 Å². The summed E-state index contributed by atoms with van der Waals surface area (Å²) in [6, 6.07) is 4.02. The molecular formula is C14H18N4. The topological polar surface area (TPSA) is 42.7 Å². The van der Waals surface area contributed by atoms with E-state index in [1.54, 1.807) is 0 Å². The molecule has 4 heteroatoms. The number of aromatic nitrogens is 3. The Morgan fingerprint density at radius 2 is 2.06 bits per heavy atom. The zero-order chi connectivity index (χ0) is 12.1. The van der Waals surface area contributed by atoms with E-state index in [4.69, 9.17) is 0 Å². The minimum absolute atomic E-state index is 0.595. The fourth-order valence-corrected chi connectivity index (χ4v) is 3.76. The summed E-state index contributed by atoms with van der Waals surface area (Å²) in [5.41, 5.74) is 2.27. The summed E-state index contributed by atoms with van der Waals surface area (Å²) in [5.74, 6) is 1.13. The van der Waals surface area contributed by atoms with E-state index in [0.29, 0.717) is 18.1 Å². The smallest absolute Gasteiger partial charge is 0.107 e. The van der Waals surface area contributed by atoms with Crippen LogP contribution in [0.15, 0.2) is 18.5 Å². The second kappa shape index (κ2) is 3.79. The lowest BCUT2D eigenvalue weighted by Gasteiger charge is -2.31. The normalized spacial score (nSPS) is 31.1. The van der Waals surface area contributed by atoms with Crippen LogP contribution in [0.3, 0.4) is 0 Å². The highest BCUT2D eigenvalue weighted by atomic mass is 15.1. The first kappa shape index (κ1) is 10.5. The molecule has 2 aromatic rings. The molecule has 0 radical (unpaired) electrons. The van der Waals surface area contributed by atoms with Crippen molar-refractivity contribution >= 4 is 11.0 Å². The van der Waals surface area contributed by atoms with Crippen molar-refractivity contribution in [3.8, 4) is 0 Å². The highest BCUT2D eigenvalue weighted by molar-refractivity contribution is 5.74. The van der Waals surface area contributed by atoms with Crippen LogP contribution in [-0.4, -0.2) is 26.6 Å². The van der Waals surface area contributed by atoms with E-state index >= 15 is 0 Å². The first-order valence-corrected chi connectivity index (χ1v) is 6.86. The van der Waals surface area contributed by atoms with Crippen molar-refractivity contribution in [1.29, 1.82) is 0 Å². The number of fused-ring (bicyclic) bond motifs is 3. The molecule has 2 saturated heterocycles. The Balaban J connectivity index is 1.80. The highest BCUT2D eigenvalue weighted by Gasteiger charge is 2.35. The average molecular weight is 242 g/mol. The zero-order valence-electron chi connectivity index (χ0n) is 10.6. The lowest BCUT2D eigenvalue weighted by atomic mass is 9.99. The largest absolute Gasteiger partial charge is 0.324 e. The Bertz CT molecular complexity index is 576. The molecule has 2 aromatic heterocycles. The molecule has 2 aliphatic rings. The van der Waals surface area contributed by atoms with Crippen LogP contribution in [0.5, 0.6) is 0 Å². The molecule has 0 spiro atoms. The SMILES string of the molecule is Cc1nc2ccncc2n1C1C[C@H]2CC[C@@H](C1)N2. The van der Waals surface area contributed by atoms with Gasteiger partial charge in [0.25, 0.3) is 0 Å². The third-order valence-electron chi connectivity index (χ3n) is 4.48. The second-order valence-corrected chi connectivity index (χ2v) is 5.66. The van der Waals surface area contributed by atoms with E-state index in [9.17, 15) is 0 Å². The Hall–Kier alpha value is -1.42. The lowest BCUT2D eigenvalue weighted by molar-refractivity contribution is 0.300. The molecule has 94 valence electrons. The highest BCUT2D eigenvalue weighted by Crippen LogP contribution is 2.36. The molecule has 1 unspecified atom stereocenters. The molecule has 2 bridgehead atoms. The van der Waals surface area contributed by atoms with Gasteiger partial charge in [0, 0.05) is 24.3 Å². The number of nitrogens with zero attached hydrogens (tertiary/aromatic N) is 3. The first-order chi connectivity index (χ1) is 8.81. The van der Waals surface area contributed by atoms with Gasteiger partial charge in [0.1, 0.15) is 5.82 Å². The molecule has 2 aliphatic heterocycles. The summed E-state index contributed by atoms with van der Waals surface area (Å²) < 4.78 is 2.41. The number of hydrogen-bond acceptors (Lipinski definition) is 3. The van der Waals surface area contributed by atoms with Gasteiger partial charge in [-0.3, -0.25) is 4.98 Å². The van der Waals surface area contributed by atoms with E-state index in [0.717, 1.165) is 11.3 Å². The third kappa shape index (κ3) is 1.48.